The number of hydrogen-bond acceptors (Lipinski definition) is 5. The van der Waals surface area contributed by atoms with Crippen LogP contribution in [0.2, 0.25) is 5.02 Å². The molecule has 152 valence electrons. The molecule has 3 rings (SSSR count). The molecule has 0 saturated carbocycles. The summed E-state index contributed by atoms with van der Waals surface area (Å²) < 4.78 is 1.78. The first-order valence-electron chi connectivity index (χ1n) is 9.28. The number of hydrogen-bond donors (Lipinski definition) is 2. The predicted molar refractivity (Wildman–Crippen MR) is 116 cm³/mol. The van der Waals surface area contributed by atoms with Crippen molar-refractivity contribution < 1.29 is 4.79 Å². The summed E-state index contributed by atoms with van der Waals surface area (Å²) in [7, 11) is 0. The SMILES string of the molecule is Cc1c(Cl)cccc1Nc1nc(=O)c(CC(=O)NCC#N)cn1Cc1ccccc1. The maximum Gasteiger partial charge on any atom is 0.278 e. The first-order valence-corrected chi connectivity index (χ1v) is 9.66. The number of nitriles is 1. The van der Waals surface area contributed by atoms with Gasteiger partial charge in [-0.15, -0.1) is 0 Å². The van der Waals surface area contributed by atoms with E-state index >= 15 is 0 Å². The minimum atomic E-state index is -0.506. The van der Waals surface area contributed by atoms with Gasteiger partial charge in [0.05, 0.1) is 19.0 Å². The second-order valence-electron chi connectivity index (χ2n) is 6.66. The van der Waals surface area contributed by atoms with Crippen molar-refractivity contribution in [1.82, 2.24) is 14.9 Å². The highest BCUT2D eigenvalue weighted by molar-refractivity contribution is 6.31. The van der Waals surface area contributed by atoms with E-state index in [2.05, 4.69) is 15.6 Å². The largest absolute Gasteiger partial charge is 0.343 e. The van der Waals surface area contributed by atoms with Gasteiger partial charge in [-0.1, -0.05) is 48.0 Å². The van der Waals surface area contributed by atoms with Crippen LogP contribution >= 0.6 is 11.6 Å². The van der Waals surface area contributed by atoms with Gasteiger partial charge in [0, 0.05) is 22.5 Å². The molecule has 0 aliphatic rings. The highest BCUT2D eigenvalue weighted by atomic mass is 35.5. The zero-order chi connectivity index (χ0) is 21.5. The van der Waals surface area contributed by atoms with Gasteiger partial charge >= 0.3 is 0 Å². The number of halogens is 1. The average Bonchev–Trinajstić information content (AvgIpc) is 2.73. The minimum Gasteiger partial charge on any atom is -0.343 e. The number of aromatic nitrogens is 2. The minimum absolute atomic E-state index is 0.113. The van der Waals surface area contributed by atoms with E-state index in [-0.39, 0.29) is 18.5 Å². The van der Waals surface area contributed by atoms with Crippen molar-refractivity contribution in [3.05, 3.63) is 86.8 Å². The van der Waals surface area contributed by atoms with Gasteiger partial charge in [-0.25, -0.2) is 0 Å². The number of amides is 1. The number of carbonyl (C=O) groups excluding carboxylic acids is 1. The second kappa shape index (κ2) is 9.72. The van der Waals surface area contributed by atoms with E-state index in [1.165, 1.54) is 0 Å². The third-order valence-corrected chi connectivity index (χ3v) is 4.90. The molecule has 30 heavy (non-hydrogen) atoms. The first kappa shape index (κ1) is 21.1. The van der Waals surface area contributed by atoms with Crippen LogP contribution in [0.25, 0.3) is 0 Å². The molecule has 0 spiro atoms. The van der Waals surface area contributed by atoms with E-state index in [0.717, 1.165) is 16.8 Å². The maximum absolute atomic E-state index is 12.6. The van der Waals surface area contributed by atoms with Crippen molar-refractivity contribution in [3.63, 3.8) is 0 Å². The van der Waals surface area contributed by atoms with Crippen LogP contribution in [-0.2, 0) is 17.8 Å². The summed E-state index contributed by atoms with van der Waals surface area (Å²) in [5.41, 5.74) is 2.31. The van der Waals surface area contributed by atoms with Gasteiger partial charge in [-0.2, -0.15) is 10.2 Å². The molecule has 0 unspecified atom stereocenters. The van der Waals surface area contributed by atoms with E-state index in [4.69, 9.17) is 16.9 Å². The first-order chi connectivity index (χ1) is 14.5. The highest BCUT2D eigenvalue weighted by Gasteiger charge is 2.14. The van der Waals surface area contributed by atoms with Crippen LogP contribution in [0.1, 0.15) is 16.7 Å². The Morgan fingerprint density at radius 2 is 1.97 bits per heavy atom. The molecule has 2 N–H and O–H groups in total. The van der Waals surface area contributed by atoms with Crippen LogP contribution < -0.4 is 16.2 Å². The average molecular weight is 422 g/mol. The number of benzene rings is 2. The van der Waals surface area contributed by atoms with Gasteiger partial charge in [-0.3, -0.25) is 9.59 Å². The molecule has 1 amide bonds. The molecular weight excluding hydrogens is 402 g/mol. The normalized spacial score (nSPS) is 10.3. The zero-order valence-corrected chi connectivity index (χ0v) is 17.1. The van der Waals surface area contributed by atoms with Crippen LogP contribution in [-0.4, -0.2) is 22.0 Å². The van der Waals surface area contributed by atoms with Gasteiger partial charge < -0.3 is 15.2 Å². The molecule has 0 aliphatic carbocycles. The second-order valence-corrected chi connectivity index (χ2v) is 7.06. The monoisotopic (exact) mass is 421 g/mol. The number of carbonyl (C=O) groups is 1. The zero-order valence-electron chi connectivity index (χ0n) is 16.4. The fraction of sp³-hybridized carbons (Fsp3) is 0.182. The molecule has 0 aliphatic heterocycles. The summed E-state index contributed by atoms with van der Waals surface area (Å²) >= 11 is 6.21. The molecule has 7 nitrogen and oxygen atoms in total. The molecule has 0 saturated heterocycles. The van der Waals surface area contributed by atoms with Gasteiger partial charge in [0.2, 0.25) is 11.9 Å². The lowest BCUT2D eigenvalue weighted by atomic mass is 10.2. The van der Waals surface area contributed by atoms with Gasteiger partial charge in [-0.05, 0) is 30.2 Å². The van der Waals surface area contributed by atoms with Crippen LogP contribution in [0.4, 0.5) is 11.6 Å². The van der Waals surface area contributed by atoms with Crippen LogP contribution in [0, 0.1) is 18.3 Å². The number of nitrogens with zero attached hydrogens (tertiary/aromatic N) is 3. The van der Waals surface area contributed by atoms with Gasteiger partial charge in [0.15, 0.2) is 0 Å². The Kier molecular flexibility index (Phi) is 6.83. The lowest BCUT2D eigenvalue weighted by molar-refractivity contribution is -0.120. The van der Waals surface area contributed by atoms with Crippen LogP contribution in [0.3, 0.4) is 0 Å². The molecule has 1 heterocycles. The lowest BCUT2D eigenvalue weighted by Crippen LogP contribution is -2.29. The third-order valence-electron chi connectivity index (χ3n) is 4.49. The fourth-order valence-corrected chi connectivity index (χ4v) is 3.07. The Bertz CT molecular complexity index is 1150. The van der Waals surface area contributed by atoms with Crippen molar-refractivity contribution in [3.8, 4) is 6.07 Å². The highest BCUT2D eigenvalue weighted by Crippen LogP contribution is 2.25. The Morgan fingerprint density at radius 3 is 2.70 bits per heavy atom. The summed E-state index contributed by atoms with van der Waals surface area (Å²) in [6, 6.07) is 17.0. The Balaban J connectivity index is 1.98. The molecule has 0 fully saturated rings. The fourth-order valence-electron chi connectivity index (χ4n) is 2.90. The summed E-state index contributed by atoms with van der Waals surface area (Å²) in [6.45, 7) is 2.21. The molecule has 0 radical (unpaired) electrons. The number of anilines is 2. The van der Waals surface area contributed by atoms with Crippen molar-refractivity contribution >= 4 is 29.1 Å². The van der Waals surface area contributed by atoms with Crippen molar-refractivity contribution in [2.24, 2.45) is 0 Å². The van der Waals surface area contributed by atoms with E-state index in [1.54, 1.807) is 16.8 Å². The predicted octanol–water partition coefficient (Wildman–Crippen LogP) is 3.18. The molecule has 0 bridgehead atoms. The molecule has 8 heteroatoms. The quantitative estimate of drug-likeness (QED) is 0.571. The maximum atomic E-state index is 12.6. The summed E-state index contributed by atoms with van der Waals surface area (Å²) in [4.78, 5) is 28.7. The molecule has 2 aromatic carbocycles. The number of rotatable bonds is 7. The van der Waals surface area contributed by atoms with Crippen molar-refractivity contribution in [1.29, 1.82) is 5.26 Å². The summed E-state index contributed by atoms with van der Waals surface area (Å²) in [6.07, 6.45) is 1.47. The molecule has 0 atom stereocenters. The lowest BCUT2D eigenvalue weighted by Gasteiger charge is -2.17. The Hall–Kier alpha value is -3.63. The van der Waals surface area contributed by atoms with Crippen LogP contribution in [0.5, 0.6) is 0 Å². The van der Waals surface area contributed by atoms with E-state index in [0.29, 0.717) is 17.5 Å². The van der Waals surface area contributed by atoms with E-state index < -0.39 is 11.5 Å². The standard InChI is InChI=1S/C22H20ClN5O2/c1-15-18(23)8-5-9-19(15)26-22-27-21(30)17(12-20(29)25-11-10-24)14-28(22)13-16-6-3-2-4-7-16/h2-9,14H,11-13H2,1H3,(H,25,29)(H,26,27,30). The molecule has 3 aromatic rings. The molecule has 1 aromatic heterocycles. The van der Waals surface area contributed by atoms with E-state index in [1.807, 2.05) is 55.5 Å². The molecular formula is C22H20ClN5O2. The Morgan fingerprint density at radius 1 is 1.20 bits per heavy atom. The Labute approximate surface area is 179 Å². The van der Waals surface area contributed by atoms with Crippen LogP contribution in [0.15, 0.2) is 59.5 Å². The third kappa shape index (κ3) is 5.25. The van der Waals surface area contributed by atoms with Crippen molar-refractivity contribution in [2.75, 3.05) is 11.9 Å². The van der Waals surface area contributed by atoms with Crippen molar-refractivity contribution in [2.45, 2.75) is 19.9 Å². The van der Waals surface area contributed by atoms with E-state index in [9.17, 15) is 9.59 Å². The smallest absolute Gasteiger partial charge is 0.278 e. The summed E-state index contributed by atoms with van der Waals surface area (Å²) in [5, 5.41) is 14.8. The summed E-state index contributed by atoms with van der Waals surface area (Å²) in [5.74, 6) is -0.0662. The van der Waals surface area contributed by atoms with Gasteiger partial charge in [0.1, 0.15) is 6.54 Å². The number of nitrogens with one attached hydrogen (secondary N) is 2. The van der Waals surface area contributed by atoms with Gasteiger partial charge in [0.25, 0.3) is 5.56 Å². The topological polar surface area (TPSA) is 99.8 Å².